The summed E-state index contributed by atoms with van der Waals surface area (Å²) in [5, 5.41) is 0. The van der Waals surface area contributed by atoms with Crippen molar-refractivity contribution >= 4 is 0 Å². The molecule has 1 aromatic carbocycles. The van der Waals surface area contributed by atoms with Crippen LogP contribution in [0.3, 0.4) is 0 Å². The molecular formula is C16H26N2. The van der Waals surface area contributed by atoms with Crippen molar-refractivity contribution in [3.8, 4) is 0 Å². The van der Waals surface area contributed by atoms with Crippen molar-refractivity contribution < 1.29 is 0 Å². The van der Waals surface area contributed by atoms with E-state index in [2.05, 4.69) is 42.3 Å². The molecule has 1 atom stereocenters. The highest BCUT2D eigenvalue weighted by molar-refractivity contribution is 5.15. The van der Waals surface area contributed by atoms with Crippen LogP contribution in [-0.2, 0) is 6.42 Å². The van der Waals surface area contributed by atoms with E-state index in [1.54, 1.807) is 0 Å². The highest BCUT2D eigenvalue weighted by Crippen LogP contribution is 2.21. The maximum atomic E-state index is 6.27. The molecule has 0 amide bonds. The Morgan fingerprint density at radius 2 is 1.83 bits per heavy atom. The number of nitrogens with zero attached hydrogens (tertiary/aromatic N) is 1. The number of hydrogen-bond donors (Lipinski definition) is 1. The van der Waals surface area contributed by atoms with E-state index >= 15 is 0 Å². The normalized spacial score (nSPS) is 19.1. The van der Waals surface area contributed by atoms with Crippen molar-refractivity contribution in [2.24, 2.45) is 5.73 Å². The lowest BCUT2D eigenvalue weighted by atomic mass is 9.94. The highest BCUT2D eigenvalue weighted by Gasteiger charge is 2.19. The van der Waals surface area contributed by atoms with Gasteiger partial charge in [0.15, 0.2) is 0 Å². The number of nitrogens with two attached hydrogens (primary N) is 1. The monoisotopic (exact) mass is 246 g/mol. The van der Waals surface area contributed by atoms with Gasteiger partial charge in [0.25, 0.3) is 0 Å². The lowest BCUT2D eigenvalue weighted by Crippen LogP contribution is -2.42. The van der Waals surface area contributed by atoms with Gasteiger partial charge >= 0.3 is 0 Å². The van der Waals surface area contributed by atoms with Crippen LogP contribution >= 0.6 is 0 Å². The average Bonchev–Trinajstić information content (AvgIpc) is 2.40. The number of hydrogen-bond acceptors (Lipinski definition) is 2. The molecule has 2 nitrogen and oxygen atoms in total. The summed E-state index contributed by atoms with van der Waals surface area (Å²) in [5.41, 5.74) is 7.62. The molecule has 0 bridgehead atoms. The third-order valence-electron chi connectivity index (χ3n) is 4.06. The molecule has 0 radical (unpaired) electrons. The molecule has 1 aliphatic rings. The van der Waals surface area contributed by atoms with Gasteiger partial charge in [-0.1, -0.05) is 49.6 Å². The number of benzene rings is 1. The van der Waals surface area contributed by atoms with E-state index in [1.807, 2.05) is 0 Å². The fraction of sp³-hybridized carbons (Fsp3) is 0.625. The molecular weight excluding hydrogens is 220 g/mol. The molecule has 1 unspecified atom stereocenters. The Morgan fingerprint density at radius 3 is 2.50 bits per heavy atom. The van der Waals surface area contributed by atoms with Crippen molar-refractivity contribution in [2.45, 2.75) is 50.6 Å². The first-order chi connectivity index (χ1) is 8.75. The van der Waals surface area contributed by atoms with Crippen molar-refractivity contribution in [1.82, 2.24) is 4.90 Å². The maximum absolute atomic E-state index is 6.27. The van der Waals surface area contributed by atoms with Gasteiger partial charge in [-0.15, -0.1) is 0 Å². The summed E-state index contributed by atoms with van der Waals surface area (Å²) in [6.45, 7) is 1.01. The molecule has 2 N–H and O–H groups in total. The van der Waals surface area contributed by atoms with E-state index in [4.69, 9.17) is 5.73 Å². The van der Waals surface area contributed by atoms with Gasteiger partial charge < -0.3 is 10.6 Å². The highest BCUT2D eigenvalue weighted by atomic mass is 15.1. The first-order valence-electron chi connectivity index (χ1n) is 7.25. The van der Waals surface area contributed by atoms with Crippen molar-refractivity contribution in [1.29, 1.82) is 0 Å². The van der Waals surface area contributed by atoms with Gasteiger partial charge in [-0.2, -0.15) is 0 Å². The van der Waals surface area contributed by atoms with E-state index in [0.717, 1.165) is 19.0 Å². The lowest BCUT2D eigenvalue weighted by molar-refractivity contribution is 0.182. The molecule has 0 aliphatic heterocycles. The third kappa shape index (κ3) is 4.11. The molecule has 0 heterocycles. The zero-order valence-corrected chi connectivity index (χ0v) is 11.5. The van der Waals surface area contributed by atoms with Crippen LogP contribution in [-0.4, -0.2) is 30.6 Å². The predicted molar refractivity (Wildman–Crippen MR) is 77.6 cm³/mol. The van der Waals surface area contributed by atoms with Crippen LogP contribution in [0.25, 0.3) is 0 Å². The Hall–Kier alpha value is -0.860. The second kappa shape index (κ2) is 6.91. The Bertz CT molecular complexity index is 330. The Morgan fingerprint density at radius 1 is 1.17 bits per heavy atom. The largest absolute Gasteiger partial charge is 0.326 e. The second-order valence-electron chi connectivity index (χ2n) is 5.68. The fourth-order valence-corrected chi connectivity index (χ4v) is 3.02. The van der Waals surface area contributed by atoms with Gasteiger partial charge in [-0.3, -0.25) is 0 Å². The van der Waals surface area contributed by atoms with Gasteiger partial charge in [0.05, 0.1) is 0 Å². The van der Waals surface area contributed by atoms with Gasteiger partial charge in [-0.05, 0) is 31.9 Å². The van der Waals surface area contributed by atoms with E-state index in [1.165, 1.54) is 37.7 Å². The van der Waals surface area contributed by atoms with Crippen LogP contribution in [0, 0.1) is 0 Å². The van der Waals surface area contributed by atoms with E-state index < -0.39 is 0 Å². The maximum Gasteiger partial charge on any atom is 0.0208 e. The van der Waals surface area contributed by atoms with Crippen LogP contribution in [0.2, 0.25) is 0 Å². The number of rotatable bonds is 5. The van der Waals surface area contributed by atoms with Gasteiger partial charge in [-0.25, -0.2) is 0 Å². The fourth-order valence-electron chi connectivity index (χ4n) is 3.02. The Labute approximate surface area is 111 Å². The molecule has 2 rings (SSSR count). The lowest BCUT2D eigenvalue weighted by Gasteiger charge is -2.32. The second-order valence-corrected chi connectivity index (χ2v) is 5.68. The summed E-state index contributed by atoms with van der Waals surface area (Å²) in [4.78, 5) is 2.48. The minimum absolute atomic E-state index is 0.249. The van der Waals surface area contributed by atoms with Crippen LogP contribution in [0.4, 0.5) is 0 Å². The summed E-state index contributed by atoms with van der Waals surface area (Å²) in [6.07, 6.45) is 7.90. The first-order valence-corrected chi connectivity index (χ1v) is 7.25. The van der Waals surface area contributed by atoms with Crippen molar-refractivity contribution in [3.05, 3.63) is 35.9 Å². The molecule has 1 aromatic rings. The van der Waals surface area contributed by atoms with Crippen LogP contribution < -0.4 is 5.73 Å². The summed E-state index contributed by atoms with van der Waals surface area (Å²) >= 11 is 0. The molecule has 0 spiro atoms. The molecule has 100 valence electrons. The summed E-state index contributed by atoms with van der Waals surface area (Å²) in [6, 6.07) is 11.6. The zero-order chi connectivity index (χ0) is 12.8. The molecule has 0 aromatic heterocycles. The Balaban J connectivity index is 1.77. The average molecular weight is 246 g/mol. The third-order valence-corrected chi connectivity index (χ3v) is 4.06. The van der Waals surface area contributed by atoms with E-state index in [-0.39, 0.29) is 6.04 Å². The zero-order valence-electron chi connectivity index (χ0n) is 11.5. The predicted octanol–water partition coefficient (Wildman–Crippen LogP) is 2.82. The van der Waals surface area contributed by atoms with Crippen LogP contribution in [0.5, 0.6) is 0 Å². The Kier molecular flexibility index (Phi) is 5.21. The minimum atomic E-state index is 0.249. The van der Waals surface area contributed by atoms with Crippen LogP contribution in [0.15, 0.2) is 30.3 Å². The summed E-state index contributed by atoms with van der Waals surface area (Å²) < 4.78 is 0. The van der Waals surface area contributed by atoms with Gasteiger partial charge in [0.1, 0.15) is 0 Å². The van der Waals surface area contributed by atoms with Gasteiger partial charge in [0, 0.05) is 18.6 Å². The standard InChI is InChI=1S/C16H26N2/c1-18(16-10-6-3-7-11-16)13-15(17)12-14-8-4-2-5-9-14/h2,4-5,8-9,15-16H,3,6-7,10-13,17H2,1H3. The van der Waals surface area contributed by atoms with Crippen molar-refractivity contribution in [2.75, 3.05) is 13.6 Å². The molecule has 2 heteroatoms. The summed E-state index contributed by atoms with van der Waals surface area (Å²) in [5.74, 6) is 0. The SMILES string of the molecule is CN(CC(N)Cc1ccccc1)C1CCCCC1. The van der Waals surface area contributed by atoms with Crippen LogP contribution in [0.1, 0.15) is 37.7 Å². The topological polar surface area (TPSA) is 29.3 Å². The summed E-state index contributed by atoms with van der Waals surface area (Å²) in [7, 11) is 2.24. The smallest absolute Gasteiger partial charge is 0.0208 e. The molecule has 0 saturated heterocycles. The van der Waals surface area contributed by atoms with E-state index in [0.29, 0.717) is 0 Å². The molecule has 1 saturated carbocycles. The molecule has 1 fully saturated rings. The quantitative estimate of drug-likeness (QED) is 0.865. The first kappa shape index (κ1) is 13.6. The molecule has 1 aliphatic carbocycles. The number of likely N-dealkylation sites (N-methyl/N-ethyl adjacent to an activating group) is 1. The minimum Gasteiger partial charge on any atom is -0.326 e. The van der Waals surface area contributed by atoms with Crippen molar-refractivity contribution in [3.63, 3.8) is 0 Å². The van der Waals surface area contributed by atoms with Gasteiger partial charge in [0.2, 0.25) is 0 Å². The van der Waals surface area contributed by atoms with E-state index in [9.17, 15) is 0 Å². The molecule has 18 heavy (non-hydrogen) atoms.